The highest BCUT2D eigenvalue weighted by atomic mass is 28.3. The molecule has 1 aliphatic rings. The van der Waals surface area contributed by atoms with Crippen LogP contribution < -0.4 is 46.4 Å². The van der Waals surface area contributed by atoms with Gasteiger partial charge < -0.3 is 4.90 Å². The summed E-state index contributed by atoms with van der Waals surface area (Å²) in [5.41, 5.74) is 7.82. The van der Waals surface area contributed by atoms with Gasteiger partial charge in [-0.2, -0.15) is 0 Å². The number of hydrogen-bond donors (Lipinski definition) is 0. The first-order valence-electron chi connectivity index (χ1n) is 24.0. The van der Waals surface area contributed by atoms with E-state index in [4.69, 9.17) is 9.97 Å². The third-order valence-corrected chi connectivity index (χ3v) is 24.1. The van der Waals surface area contributed by atoms with Crippen molar-refractivity contribution in [2.75, 3.05) is 4.90 Å². The number of fused-ring (bicyclic) bond motifs is 6. The fourth-order valence-corrected chi connectivity index (χ4v) is 21.6. The lowest BCUT2D eigenvalue weighted by atomic mass is 10.1. The molecule has 0 spiro atoms. The van der Waals surface area contributed by atoms with Gasteiger partial charge in [0.25, 0.3) is 0 Å². The second kappa shape index (κ2) is 17.1. The van der Waals surface area contributed by atoms with Crippen molar-refractivity contribution in [2.24, 2.45) is 0 Å². The quantitative estimate of drug-likeness (QED) is 0.107. The molecule has 13 rings (SSSR count). The zero-order valence-corrected chi connectivity index (χ0v) is 40.3. The molecule has 0 aliphatic carbocycles. The summed E-state index contributed by atoms with van der Waals surface area (Å²) in [6, 6.07) is 99.0. The third-order valence-electron chi connectivity index (χ3n) is 14.5. The molecule has 6 heteroatoms. The Morgan fingerprint density at radius 3 is 1.60 bits per heavy atom. The monoisotopic (exact) mass is 926 g/mol. The lowest BCUT2D eigenvalue weighted by Crippen LogP contribution is -2.77. The number of nitrogens with zero attached hydrogens (tertiary/aromatic N) is 4. The zero-order chi connectivity index (χ0) is 46.5. The molecule has 0 unspecified atom stereocenters. The van der Waals surface area contributed by atoms with Crippen molar-refractivity contribution in [3.63, 3.8) is 0 Å². The van der Waals surface area contributed by atoms with Gasteiger partial charge in [0.05, 0.1) is 22.4 Å². The maximum Gasteiger partial charge on any atom is 0.184 e. The molecule has 9 aromatic carbocycles. The van der Waals surface area contributed by atoms with Crippen molar-refractivity contribution in [3.05, 3.63) is 279 Å². The first-order valence-corrected chi connectivity index (χ1v) is 28.0. The highest BCUT2D eigenvalue weighted by molar-refractivity contribution is 7.22. The molecule has 0 atom stereocenters. The lowest BCUT2D eigenvalue weighted by molar-refractivity contribution is 1.08. The van der Waals surface area contributed by atoms with Gasteiger partial charge in [-0.25, -0.2) is 4.98 Å². The molecular formula is C64H46N4Si2. The standard InChI is InChI=1S/C64H46N4Si2/c1-6-24-48(25-7-1)67-57-36-16-17-37-60(57)70(51-30-12-4-13-31-51,52-32-14-5-15-33-52)61-42-41-58-63(64(61)67)55-40-39-54(46-59(55)68(58)62-38-19-21-44-66-62)69(49-26-8-2-9-27-49,50-28-10-3-11-29-50)53-34-22-23-47(45-53)56-35-18-20-43-65-56/h1-46H. The van der Waals surface area contributed by atoms with E-state index < -0.39 is 16.1 Å². The summed E-state index contributed by atoms with van der Waals surface area (Å²) >= 11 is 0. The Balaban J connectivity index is 1.19. The van der Waals surface area contributed by atoms with E-state index in [1.807, 2.05) is 24.5 Å². The molecule has 12 aromatic rings. The summed E-state index contributed by atoms with van der Waals surface area (Å²) in [6.07, 6.45) is 3.80. The van der Waals surface area contributed by atoms with Crippen LogP contribution >= 0.6 is 0 Å². The molecule has 330 valence electrons. The van der Waals surface area contributed by atoms with Crippen LogP contribution in [0.3, 0.4) is 0 Å². The minimum atomic E-state index is -3.07. The summed E-state index contributed by atoms with van der Waals surface area (Å²) in [6.45, 7) is 0. The number of rotatable bonds is 9. The van der Waals surface area contributed by atoms with Crippen LogP contribution in [0.15, 0.2) is 279 Å². The van der Waals surface area contributed by atoms with Gasteiger partial charge in [-0.05, 0) is 96.1 Å². The summed E-state index contributed by atoms with van der Waals surface area (Å²) in [5.74, 6) is 0.875. The van der Waals surface area contributed by atoms with Gasteiger partial charge in [0, 0.05) is 40.1 Å². The number of para-hydroxylation sites is 2. The average Bonchev–Trinajstić information content (AvgIpc) is 3.78. The smallest absolute Gasteiger partial charge is 0.184 e. The van der Waals surface area contributed by atoms with Crippen molar-refractivity contribution in [1.29, 1.82) is 0 Å². The second-order valence-electron chi connectivity index (χ2n) is 18.1. The number of hydrogen-bond acceptors (Lipinski definition) is 3. The minimum Gasteiger partial charge on any atom is -0.310 e. The lowest BCUT2D eigenvalue weighted by Gasteiger charge is -2.45. The highest BCUT2D eigenvalue weighted by Gasteiger charge is 2.50. The van der Waals surface area contributed by atoms with Gasteiger partial charge in [-0.3, -0.25) is 9.55 Å². The van der Waals surface area contributed by atoms with Gasteiger partial charge in [0.15, 0.2) is 16.1 Å². The molecule has 3 aromatic heterocycles. The SMILES string of the molecule is c1ccc(N2c3ccccc3[Si](c3ccccc3)(c3ccccc3)c3ccc4c(c32)c2ccc([Si](c3ccccc3)(c3ccccc3)c3cccc(-c5ccccn5)c3)cc2n4-c2ccccn2)cc1. The predicted octanol–water partition coefficient (Wildman–Crippen LogP) is 9.78. The molecule has 0 saturated carbocycles. The molecule has 0 fully saturated rings. The molecule has 0 N–H and O–H groups in total. The van der Waals surface area contributed by atoms with E-state index in [-0.39, 0.29) is 0 Å². The van der Waals surface area contributed by atoms with Crippen LogP contribution in [0.5, 0.6) is 0 Å². The van der Waals surface area contributed by atoms with Crippen LogP contribution in [-0.4, -0.2) is 30.7 Å². The fraction of sp³-hybridized carbons (Fsp3) is 0. The Morgan fingerprint density at radius 2 is 0.957 bits per heavy atom. The van der Waals surface area contributed by atoms with E-state index in [1.165, 1.54) is 63.6 Å². The molecule has 1 aliphatic heterocycles. The van der Waals surface area contributed by atoms with Gasteiger partial charge in [-0.1, -0.05) is 212 Å². The molecule has 0 bridgehead atoms. The van der Waals surface area contributed by atoms with E-state index >= 15 is 0 Å². The van der Waals surface area contributed by atoms with Gasteiger partial charge in [-0.15, -0.1) is 0 Å². The molecule has 0 saturated heterocycles. The summed E-state index contributed by atoms with van der Waals surface area (Å²) in [4.78, 5) is 12.5. The highest BCUT2D eigenvalue weighted by Crippen LogP contribution is 2.45. The Morgan fingerprint density at radius 1 is 0.386 bits per heavy atom. The fourth-order valence-electron chi connectivity index (χ4n) is 11.7. The summed E-state index contributed by atoms with van der Waals surface area (Å²) < 4.78 is 2.42. The van der Waals surface area contributed by atoms with E-state index in [0.717, 1.165) is 33.8 Å². The maximum atomic E-state index is 5.14. The topological polar surface area (TPSA) is 34.0 Å². The van der Waals surface area contributed by atoms with Crippen molar-refractivity contribution in [2.45, 2.75) is 0 Å². The first-order chi connectivity index (χ1) is 34.8. The maximum absolute atomic E-state index is 5.14. The van der Waals surface area contributed by atoms with Crippen LogP contribution in [0, 0.1) is 0 Å². The summed E-state index contributed by atoms with van der Waals surface area (Å²) in [5, 5.41) is 13.0. The Hall–Kier alpha value is -8.69. The van der Waals surface area contributed by atoms with E-state index in [2.05, 4.69) is 264 Å². The molecule has 4 heterocycles. The Kier molecular flexibility index (Phi) is 10.2. The van der Waals surface area contributed by atoms with Crippen molar-refractivity contribution in [3.8, 4) is 17.1 Å². The second-order valence-corrected chi connectivity index (χ2v) is 25.6. The van der Waals surface area contributed by atoms with E-state index in [9.17, 15) is 0 Å². The number of anilines is 3. The molecule has 70 heavy (non-hydrogen) atoms. The number of pyridine rings is 2. The van der Waals surface area contributed by atoms with Gasteiger partial charge in [0.1, 0.15) is 5.82 Å². The molecule has 0 amide bonds. The molecule has 0 radical (unpaired) electrons. The largest absolute Gasteiger partial charge is 0.310 e. The van der Waals surface area contributed by atoms with Crippen LogP contribution in [0.4, 0.5) is 17.1 Å². The number of benzene rings is 9. The molecular weight excluding hydrogens is 881 g/mol. The minimum absolute atomic E-state index is 0.875. The van der Waals surface area contributed by atoms with Crippen LogP contribution in [0.25, 0.3) is 38.9 Å². The Labute approximate surface area is 410 Å². The predicted molar refractivity (Wildman–Crippen MR) is 297 cm³/mol. The van der Waals surface area contributed by atoms with Crippen LogP contribution in [-0.2, 0) is 0 Å². The summed E-state index contributed by atoms with van der Waals surface area (Å²) in [7, 11) is -6.07. The molecule has 4 nitrogen and oxygen atoms in total. The number of aromatic nitrogens is 3. The first kappa shape index (κ1) is 41.5. The van der Waals surface area contributed by atoms with E-state index in [0.29, 0.717) is 0 Å². The normalized spacial score (nSPS) is 12.9. The van der Waals surface area contributed by atoms with Crippen LogP contribution in [0.2, 0.25) is 0 Å². The van der Waals surface area contributed by atoms with E-state index in [1.54, 1.807) is 0 Å². The Bertz CT molecular complexity index is 3740. The van der Waals surface area contributed by atoms with Crippen molar-refractivity contribution < 1.29 is 0 Å². The van der Waals surface area contributed by atoms with Crippen molar-refractivity contribution in [1.82, 2.24) is 14.5 Å². The van der Waals surface area contributed by atoms with Crippen molar-refractivity contribution >= 4 is 96.5 Å². The van der Waals surface area contributed by atoms with Gasteiger partial charge >= 0.3 is 0 Å². The average molecular weight is 927 g/mol. The zero-order valence-electron chi connectivity index (χ0n) is 38.3. The third kappa shape index (κ3) is 6.34. The van der Waals surface area contributed by atoms with Gasteiger partial charge in [0.2, 0.25) is 0 Å². The van der Waals surface area contributed by atoms with Crippen LogP contribution in [0.1, 0.15) is 0 Å².